The number of aryl methyl sites for hydroxylation is 1. The van der Waals surface area contributed by atoms with Crippen LogP contribution < -0.4 is 4.74 Å². The van der Waals surface area contributed by atoms with Crippen LogP contribution in [0.2, 0.25) is 0 Å². The van der Waals surface area contributed by atoms with Crippen LogP contribution in [-0.2, 0) is 11.2 Å². The number of aromatic nitrogens is 2. The highest BCUT2D eigenvalue weighted by Crippen LogP contribution is 2.32. The summed E-state index contributed by atoms with van der Waals surface area (Å²) in [4.78, 5) is 0. The summed E-state index contributed by atoms with van der Waals surface area (Å²) in [7, 11) is 1.62. The number of epoxide rings is 1. The number of hydrogen-bond donors (Lipinski definition) is 0. The van der Waals surface area contributed by atoms with Crippen LogP contribution in [0.4, 0.5) is 0 Å². The lowest BCUT2D eigenvalue weighted by Gasteiger charge is -2.10. The molecule has 1 fully saturated rings. The third-order valence-corrected chi connectivity index (χ3v) is 4.12. The molecule has 1 atom stereocenters. The molecule has 2 heterocycles. The lowest BCUT2D eigenvalue weighted by molar-refractivity contribution is 0.398. The Kier molecular flexibility index (Phi) is 3.46. The standard InChI is InChI=1S/C19H18N2O2/c1-12-7-13(10-15-11-23-15)9-14(8-12)18-16-5-3-4-6-17(16)19(22-2)21-20-18/h3-9,15H,10-11H2,1-2H3. The lowest BCUT2D eigenvalue weighted by Crippen LogP contribution is -1.98. The molecule has 0 bridgehead atoms. The highest BCUT2D eigenvalue weighted by atomic mass is 16.6. The van der Waals surface area contributed by atoms with Crippen LogP contribution in [0.5, 0.6) is 5.88 Å². The molecule has 1 aliphatic rings. The number of rotatable bonds is 4. The van der Waals surface area contributed by atoms with Crippen LogP contribution in [-0.4, -0.2) is 30.0 Å². The van der Waals surface area contributed by atoms with E-state index in [9.17, 15) is 0 Å². The fourth-order valence-electron chi connectivity index (χ4n) is 3.01. The predicted octanol–water partition coefficient (Wildman–Crippen LogP) is 3.56. The molecule has 0 radical (unpaired) electrons. The zero-order valence-electron chi connectivity index (χ0n) is 13.2. The van der Waals surface area contributed by atoms with Crippen LogP contribution in [0, 0.1) is 6.92 Å². The normalized spacial score (nSPS) is 16.5. The van der Waals surface area contributed by atoms with Crippen molar-refractivity contribution < 1.29 is 9.47 Å². The molecule has 1 saturated heterocycles. The van der Waals surface area contributed by atoms with E-state index >= 15 is 0 Å². The average Bonchev–Trinajstić information content (AvgIpc) is 3.37. The first-order valence-corrected chi connectivity index (χ1v) is 7.76. The number of benzene rings is 2. The summed E-state index contributed by atoms with van der Waals surface area (Å²) in [5.74, 6) is 0.559. The third-order valence-electron chi connectivity index (χ3n) is 4.12. The van der Waals surface area contributed by atoms with Crippen LogP contribution in [0.3, 0.4) is 0 Å². The molecule has 2 aromatic carbocycles. The van der Waals surface area contributed by atoms with Gasteiger partial charge in [-0.15, -0.1) is 10.2 Å². The van der Waals surface area contributed by atoms with E-state index in [1.807, 2.05) is 18.2 Å². The number of nitrogens with zero attached hydrogens (tertiary/aromatic N) is 2. The monoisotopic (exact) mass is 306 g/mol. The second kappa shape index (κ2) is 5.63. The van der Waals surface area contributed by atoms with Gasteiger partial charge in [-0.2, -0.15) is 0 Å². The van der Waals surface area contributed by atoms with Gasteiger partial charge in [0.1, 0.15) is 5.69 Å². The van der Waals surface area contributed by atoms with Gasteiger partial charge in [0.2, 0.25) is 5.88 Å². The molecule has 1 aromatic heterocycles. The first-order chi connectivity index (χ1) is 11.2. The maximum atomic E-state index is 5.35. The minimum Gasteiger partial charge on any atom is -0.479 e. The maximum absolute atomic E-state index is 5.35. The van der Waals surface area contributed by atoms with Gasteiger partial charge in [-0.1, -0.05) is 29.8 Å². The number of ether oxygens (including phenoxy) is 2. The van der Waals surface area contributed by atoms with E-state index in [1.54, 1.807) is 7.11 Å². The minimum absolute atomic E-state index is 0.378. The fraction of sp³-hybridized carbons (Fsp3) is 0.263. The van der Waals surface area contributed by atoms with E-state index in [1.165, 1.54) is 11.1 Å². The summed E-state index contributed by atoms with van der Waals surface area (Å²) < 4.78 is 10.7. The summed E-state index contributed by atoms with van der Waals surface area (Å²) in [5.41, 5.74) is 4.49. The molecule has 4 nitrogen and oxygen atoms in total. The van der Waals surface area contributed by atoms with Crippen LogP contribution in [0.1, 0.15) is 11.1 Å². The molecule has 116 valence electrons. The second-order valence-corrected chi connectivity index (χ2v) is 5.97. The van der Waals surface area contributed by atoms with Crippen LogP contribution >= 0.6 is 0 Å². The zero-order valence-corrected chi connectivity index (χ0v) is 13.2. The summed E-state index contributed by atoms with van der Waals surface area (Å²) in [6, 6.07) is 14.6. The molecular weight excluding hydrogens is 288 g/mol. The Morgan fingerprint density at radius 3 is 2.65 bits per heavy atom. The van der Waals surface area contributed by atoms with E-state index in [4.69, 9.17) is 9.47 Å². The highest BCUT2D eigenvalue weighted by molar-refractivity contribution is 5.97. The van der Waals surface area contributed by atoms with Gasteiger partial charge in [-0.25, -0.2) is 0 Å². The van der Waals surface area contributed by atoms with Crippen molar-refractivity contribution in [3.05, 3.63) is 53.6 Å². The van der Waals surface area contributed by atoms with E-state index < -0.39 is 0 Å². The highest BCUT2D eigenvalue weighted by Gasteiger charge is 2.23. The van der Waals surface area contributed by atoms with Crippen LogP contribution in [0.25, 0.3) is 22.0 Å². The predicted molar refractivity (Wildman–Crippen MR) is 89.7 cm³/mol. The van der Waals surface area contributed by atoms with Crippen molar-refractivity contribution in [2.24, 2.45) is 0 Å². The number of hydrogen-bond acceptors (Lipinski definition) is 4. The van der Waals surface area contributed by atoms with Crippen molar-refractivity contribution in [3.63, 3.8) is 0 Å². The Morgan fingerprint density at radius 2 is 1.91 bits per heavy atom. The topological polar surface area (TPSA) is 47.5 Å². The van der Waals surface area contributed by atoms with Crippen molar-refractivity contribution >= 4 is 10.8 Å². The lowest BCUT2D eigenvalue weighted by atomic mass is 9.98. The van der Waals surface area contributed by atoms with E-state index in [-0.39, 0.29) is 0 Å². The van der Waals surface area contributed by atoms with Gasteiger partial charge in [0.15, 0.2) is 0 Å². The number of fused-ring (bicyclic) bond motifs is 1. The van der Waals surface area contributed by atoms with Crippen molar-refractivity contribution in [1.29, 1.82) is 0 Å². The van der Waals surface area contributed by atoms with Crippen molar-refractivity contribution in [3.8, 4) is 17.1 Å². The van der Waals surface area contributed by atoms with Crippen molar-refractivity contribution in [2.75, 3.05) is 13.7 Å². The fourth-order valence-corrected chi connectivity index (χ4v) is 3.01. The van der Waals surface area contributed by atoms with E-state index in [0.717, 1.165) is 35.1 Å². The molecule has 1 aliphatic heterocycles. The second-order valence-electron chi connectivity index (χ2n) is 5.97. The van der Waals surface area contributed by atoms with E-state index in [2.05, 4.69) is 41.4 Å². The molecule has 23 heavy (non-hydrogen) atoms. The van der Waals surface area contributed by atoms with Crippen LogP contribution in [0.15, 0.2) is 42.5 Å². The summed E-state index contributed by atoms with van der Waals surface area (Å²) >= 11 is 0. The van der Waals surface area contributed by atoms with Gasteiger partial charge < -0.3 is 9.47 Å². The molecular formula is C19H18N2O2. The Bertz CT molecular complexity index is 872. The van der Waals surface area contributed by atoms with Gasteiger partial charge >= 0.3 is 0 Å². The molecule has 0 spiro atoms. The molecule has 3 aromatic rings. The molecule has 0 N–H and O–H groups in total. The van der Waals surface area contributed by atoms with Gasteiger partial charge in [-0.3, -0.25) is 0 Å². The van der Waals surface area contributed by atoms with Gasteiger partial charge in [0.25, 0.3) is 0 Å². The minimum atomic E-state index is 0.378. The maximum Gasteiger partial charge on any atom is 0.241 e. The quantitative estimate of drug-likeness (QED) is 0.692. The SMILES string of the molecule is COc1nnc(-c2cc(C)cc(CC3CO3)c2)c2ccccc12. The van der Waals surface area contributed by atoms with Crippen molar-refractivity contribution in [2.45, 2.75) is 19.4 Å². The Morgan fingerprint density at radius 1 is 1.13 bits per heavy atom. The summed E-state index contributed by atoms with van der Waals surface area (Å²) in [5, 5.41) is 10.7. The Balaban J connectivity index is 1.87. The molecule has 0 saturated carbocycles. The van der Waals surface area contributed by atoms with Gasteiger partial charge in [-0.05, 0) is 30.7 Å². The average molecular weight is 306 g/mol. The first-order valence-electron chi connectivity index (χ1n) is 7.76. The third kappa shape index (κ3) is 2.78. The largest absolute Gasteiger partial charge is 0.479 e. The molecule has 0 aliphatic carbocycles. The Labute approximate surface area is 135 Å². The molecule has 4 heteroatoms. The van der Waals surface area contributed by atoms with Crippen molar-refractivity contribution in [1.82, 2.24) is 10.2 Å². The first kappa shape index (κ1) is 14.2. The van der Waals surface area contributed by atoms with Gasteiger partial charge in [0, 0.05) is 22.8 Å². The van der Waals surface area contributed by atoms with Gasteiger partial charge in [0.05, 0.1) is 19.8 Å². The van der Waals surface area contributed by atoms with E-state index in [0.29, 0.717) is 12.0 Å². The summed E-state index contributed by atoms with van der Waals surface area (Å²) in [6.07, 6.45) is 1.33. The number of methoxy groups -OCH3 is 1. The zero-order chi connectivity index (χ0) is 15.8. The Hall–Kier alpha value is -2.46. The summed E-state index contributed by atoms with van der Waals surface area (Å²) in [6.45, 7) is 2.98. The molecule has 0 amide bonds. The molecule has 1 unspecified atom stereocenters. The smallest absolute Gasteiger partial charge is 0.241 e. The molecule has 4 rings (SSSR count).